The molecule has 0 unspecified atom stereocenters. The van der Waals surface area contributed by atoms with E-state index in [4.69, 9.17) is 21.1 Å². The van der Waals surface area contributed by atoms with Crippen molar-refractivity contribution in [2.75, 3.05) is 12.4 Å². The summed E-state index contributed by atoms with van der Waals surface area (Å²) < 4.78 is 11.3. The van der Waals surface area contributed by atoms with Crippen LogP contribution in [0.25, 0.3) is 0 Å². The summed E-state index contributed by atoms with van der Waals surface area (Å²) in [6, 6.07) is 18.6. The Morgan fingerprint density at radius 1 is 1.03 bits per heavy atom. The zero-order chi connectivity index (χ0) is 20.8. The second-order valence-corrected chi connectivity index (χ2v) is 7.13. The fourth-order valence-electron chi connectivity index (χ4n) is 3.06. The molecule has 0 fully saturated rings. The van der Waals surface area contributed by atoms with Crippen LogP contribution < -0.4 is 14.8 Å². The lowest BCUT2D eigenvalue weighted by atomic mass is 10.1. The molecule has 0 spiro atoms. The fraction of sp³-hybridized carbons (Fsp3) is 0.208. The Kier molecular flexibility index (Phi) is 6.78. The van der Waals surface area contributed by atoms with Crippen LogP contribution in [0.5, 0.6) is 11.5 Å². The Morgan fingerprint density at radius 3 is 2.48 bits per heavy atom. The number of methoxy groups -OCH3 is 1. The number of halogens is 1. The highest BCUT2D eigenvalue weighted by molar-refractivity contribution is 6.30. The van der Waals surface area contributed by atoms with Gasteiger partial charge in [-0.2, -0.15) is 0 Å². The number of aryl methyl sites for hydroxylation is 2. The van der Waals surface area contributed by atoms with Crippen LogP contribution in [0, 0.1) is 6.92 Å². The lowest BCUT2D eigenvalue weighted by Crippen LogP contribution is -2.14. The molecule has 1 amide bonds. The van der Waals surface area contributed by atoms with E-state index in [1.807, 2.05) is 49.4 Å². The number of carbonyl (C=O) groups excluding carboxylic acids is 1. The normalized spacial score (nSPS) is 10.5. The molecule has 0 aliphatic heterocycles. The van der Waals surface area contributed by atoms with Crippen LogP contribution in [-0.2, 0) is 13.0 Å². The van der Waals surface area contributed by atoms with E-state index in [2.05, 4.69) is 12.2 Å². The van der Waals surface area contributed by atoms with Crippen molar-refractivity contribution in [3.8, 4) is 11.5 Å². The quantitative estimate of drug-likeness (QED) is 0.516. The lowest BCUT2D eigenvalue weighted by molar-refractivity contribution is 0.102. The number of para-hydroxylation sites is 1. The van der Waals surface area contributed by atoms with Crippen molar-refractivity contribution in [3.63, 3.8) is 0 Å². The van der Waals surface area contributed by atoms with Crippen LogP contribution >= 0.6 is 11.6 Å². The minimum Gasteiger partial charge on any atom is -0.493 e. The molecule has 0 heterocycles. The van der Waals surface area contributed by atoms with E-state index in [0.29, 0.717) is 28.7 Å². The number of nitrogens with one attached hydrogen (secondary N) is 1. The molecule has 0 aromatic heterocycles. The van der Waals surface area contributed by atoms with Gasteiger partial charge in [-0.25, -0.2) is 0 Å². The van der Waals surface area contributed by atoms with Gasteiger partial charge in [-0.1, -0.05) is 48.9 Å². The molecule has 1 N–H and O–H groups in total. The molecule has 3 rings (SSSR count). The number of carbonyl (C=O) groups is 1. The molecule has 3 aromatic rings. The van der Waals surface area contributed by atoms with Crippen LogP contribution in [0.3, 0.4) is 0 Å². The Labute approximate surface area is 176 Å². The third kappa shape index (κ3) is 5.09. The summed E-state index contributed by atoms with van der Waals surface area (Å²) in [5.74, 6) is 0.896. The Balaban J connectivity index is 1.76. The largest absolute Gasteiger partial charge is 0.493 e. The van der Waals surface area contributed by atoms with Gasteiger partial charge in [0, 0.05) is 16.3 Å². The van der Waals surface area contributed by atoms with E-state index in [9.17, 15) is 4.79 Å². The molecular weight excluding hydrogens is 386 g/mol. The number of anilines is 1. The molecule has 0 atom stereocenters. The Bertz CT molecular complexity index is 1000. The van der Waals surface area contributed by atoms with Crippen molar-refractivity contribution in [2.45, 2.75) is 26.9 Å². The van der Waals surface area contributed by atoms with Crippen molar-refractivity contribution in [1.82, 2.24) is 0 Å². The molecule has 0 aliphatic rings. The van der Waals surface area contributed by atoms with Gasteiger partial charge in [0.15, 0.2) is 11.5 Å². The first-order valence-electron chi connectivity index (χ1n) is 9.47. The summed E-state index contributed by atoms with van der Waals surface area (Å²) in [6.45, 7) is 4.44. The minimum absolute atomic E-state index is 0.184. The summed E-state index contributed by atoms with van der Waals surface area (Å²) >= 11 is 5.91. The van der Waals surface area contributed by atoms with Crippen molar-refractivity contribution in [3.05, 3.63) is 87.9 Å². The summed E-state index contributed by atoms with van der Waals surface area (Å²) in [4.78, 5) is 12.8. The Morgan fingerprint density at radius 2 is 1.79 bits per heavy atom. The first-order chi connectivity index (χ1) is 14.0. The standard InChI is InChI=1S/C24H24ClNO3/c1-4-18-7-5-6-16(2)23(18)26-24(27)19-10-13-21(22(14-19)28-3)29-15-17-8-11-20(25)12-9-17/h5-14H,4,15H2,1-3H3,(H,26,27). The van der Waals surface area contributed by atoms with Crippen LogP contribution in [0.4, 0.5) is 5.69 Å². The molecule has 0 bridgehead atoms. The maximum atomic E-state index is 12.8. The number of amides is 1. The number of ether oxygens (including phenoxy) is 2. The summed E-state index contributed by atoms with van der Waals surface area (Å²) in [5, 5.41) is 3.71. The van der Waals surface area contributed by atoms with Gasteiger partial charge < -0.3 is 14.8 Å². The number of hydrogen-bond acceptors (Lipinski definition) is 3. The van der Waals surface area contributed by atoms with Crippen molar-refractivity contribution in [1.29, 1.82) is 0 Å². The molecule has 0 radical (unpaired) electrons. The molecule has 29 heavy (non-hydrogen) atoms. The maximum Gasteiger partial charge on any atom is 0.255 e. The Hall–Kier alpha value is -2.98. The fourth-order valence-corrected chi connectivity index (χ4v) is 3.18. The first kappa shape index (κ1) is 20.7. The number of rotatable bonds is 7. The highest BCUT2D eigenvalue weighted by Crippen LogP contribution is 2.30. The van der Waals surface area contributed by atoms with Crippen molar-refractivity contribution >= 4 is 23.2 Å². The first-order valence-corrected chi connectivity index (χ1v) is 9.84. The maximum absolute atomic E-state index is 12.8. The molecule has 0 saturated carbocycles. The predicted octanol–water partition coefficient (Wildman–Crippen LogP) is 6.05. The summed E-state index contributed by atoms with van der Waals surface area (Å²) in [7, 11) is 1.56. The van der Waals surface area contributed by atoms with E-state index in [1.54, 1.807) is 25.3 Å². The molecular formula is C24H24ClNO3. The van der Waals surface area contributed by atoms with Gasteiger partial charge in [0.1, 0.15) is 6.61 Å². The van der Waals surface area contributed by atoms with Crippen molar-refractivity contribution < 1.29 is 14.3 Å². The average Bonchev–Trinajstić information content (AvgIpc) is 2.74. The predicted molar refractivity (Wildman–Crippen MR) is 117 cm³/mol. The third-order valence-electron chi connectivity index (χ3n) is 4.71. The van der Waals surface area contributed by atoms with Crippen LogP contribution in [0.2, 0.25) is 5.02 Å². The zero-order valence-electron chi connectivity index (χ0n) is 16.8. The van der Waals surface area contributed by atoms with Gasteiger partial charge in [-0.05, 0) is 60.4 Å². The van der Waals surface area contributed by atoms with Crippen molar-refractivity contribution in [2.24, 2.45) is 0 Å². The summed E-state index contributed by atoms with van der Waals surface area (Å²) in [5.41, 5.74) is 4.50. The van der Waals surface area contributed by atoms with Gasteiger partial charge in [-0.3, -0.25) is 4.79 Å². The van der Waals surface area contributed by atoms with E-state index < -0.39 is 0 Å². The van der Waals surface area contributed by atoms with Crippen LogP contribution in [-0.4, -0.2) is 13.0 Å². The third-order valence-corrected chi connectivity index (χ3v) is 4.96. The highest BCUT2D eigenvalue weighted by atomic mass is 35.5. The van der Waals surface area contributed by atoms with E-state index in [1.165, 1.54) is 0 Å². The SMILES string of the molecule is CCc1cccc(C)c1NC(=O)c1ccc(OCc2ccc(Cl)cc2)c(OC)c1. The number of benzene rings is 3. The smallest absolute Gasteiger partial charge is 0.255 e. The molecule has 150 valence electrons. The zero-order valence-corrected chi connectivity index (χ0v) is 17.5. The highest BCUT2D eigenvalue weighted by Gasteiger charge is 2.14. The van der Waals surface area contributed by atoms with Crippen LogP contribution in [0.1, 0.15) is 34.0 Å². The lowest BCUT2D eigenvalue weighted by Gasteiger charge is -2.15. The van der Waals surface area contributed by atoms with Gasteiger partial charge in [0.2, 0.25) is 0 Å². The van der Waals surface area contributed by atoms with E-state index in [-0.39, 0.29) is 5.91 Å². The average molecular weight is 410 g/mol. The second-order valence-electron chi connectivity index (χ2n) is 6.70. The molecule has 0 aliphatic carbocycles. The minimum atomic E-state index is -0.184. The molecule has 4 nitrogen and oxygen atoms in total. The van der Waals surface area contributed by atoms with Gasteiger partial charge in [0.25, 0.3) is 5.91 Å². The van der Waals surface area contributed by atoms with Gasteiger partial charge >= 0.3 is 0 Å². The summed E-state index contributed by atoms with van der Waals surface area (Å²) in [6.07, 6.45) is 0.845. The van der Waals surface area contributed by atoms with Crippen LogP contribution in [0.15, 0.2) is 60.7 Å². The van der Waals surface area contributed by atoms with Gasteiger partial charge in [-0.15, -0.1) is 0 Å². The van der Waals surface area contributed by atoms with E-state index in [0.717, 1.165) is 28.8 Å². The van der Waals surface area contributed by atoms with E-state index >= 15 is 0 Å². The molecule has 3 aromatic carbocycles. The topological polar surface area (TPSA) is 47.6 Å². The monoisotopic (exact) mass is 409 g/mol. The molecule has 5 heteroatoms. The van der Waals surface area contributed by atoms with Gasteiger partial charge in [0.05, 0.1) is 7.11 Å². The number of hydrogen-bond donors (Lipinski definition) is 1. The second kappa shape index (κ2) is 9.48. The molecule has 0 saturated heterocycles.